The fraction of sp³-hybridized carbons (Fsp3) is 0.107. The number of aromatic nitrogens is 1. The van der Waals surface area contributed by atoms with E-state index >= 15 is 0 Å². The number of hydrogen-bond acceptors (Lipinski definition) is 4. The summed E-state index contributed by atoms with van der Waals surface area (Å²) in [5.41, 5.74) is 3.57. The monoisotopic (exact) mass is 500 g/mol. The number of fused-ring (bicyclic) bond motifs is 1. The van der Waals surface area contributed by atoms with Crippen molar-refractivity contribution in [2.75, 3.05) is 0 Å². The van der Waals surface area contributed by atoms with Crippen molar-refractivity contribution < 1.29 is 8.42 Å². The summed E-state index contributed by atoms with van der Waals surface area (Å²) in [5.74, 6) is 0. The van der Waals surface area contributed by atoms with Gasteiger partial charge in [0.25, 0.3) is 0 Å². The zero-order valence-electron chi connectivity index (χ0n) is 18.9. The first kappa shape index (κ1) is 23.2. The molecule has 0 spiro atoms. The summed E-state index contributed by atoms with van der Waals surface area (Å²) in [6.07, 6.45) is 0. The topological polar surface area (TPSA) is 59.4 Å². The van der Waals surface area contributed by atoms with Crippen LogP contribution in [0.4, 0.5) is 0 Å². The van der Waals surface area contributed by atoms with Crippen LogP contribution in [0.5, 0.6) is 0 Å². The second-order valence-electron chi connectivity index (χ2n) is 8.31. The Bertz CT molecular complexity index is 1550. The van der Waals surface area contributed by atoms with E-state index in [1.165, 1.54) is 4.31 Å². The minimum Gasteiger partial charge on any atom is -0.294 e. The van der Waals surface area contributed by atoms with Crippen LogP contribution >= 0.6 is 11.3 Å². The molecule has 0 atom stereocenters. The molecule has 0 unspecified atom stereocenters. The number of benzene rings is 4. The molecule has 0 bridgehead atoms. The van der Waals surface area contributed by atoms with Gasteiger partial charge in [0, 0.05) is 13.1 Å². The zero-order valence-corrected chi connectivity index (χ0v) is 20.6. The minimum atomic E-state index is -3.82. The Kier molecular flexibility index (Phi) is 6.63. The van der Waals surface area contributed by atoms with Crippen molar-refractivity contribution in [2.24, 2.45) is 0 Å². The third kappa shape index (κ3) is 5.12. The Labute approximate surface area is 208 Å². The van der Waals surface area contributed by atoms with E-state index in [9.17, 15) is 13.2 Å². The van der Waals surface area contributed by atoms with Gasteiger partial charge in [-0.2, -0.15) is 4.31 Å². The summed E-state index contributed by atoms with van der Waals surface area (Å²) in [6.45, 7) is 0.947. The Morgan fingerprint density at radius 3 is 1.74 bits per heavy atom. The standard InChI is InChI=1S/C28H24N2O3S2/c31-28-30(21-24-14-8-3-9-15-24)26-17-16-25(18-27(26)34-28)35(32,33)29(19-22-10-4-1-5-11-22)20-23-12-6-2-7-13-23/h1-18H,19-21H2. The first-order valence-electron chi connectivity index (χ1n) is 11.3. The van der Waals surface area contributed by atoms with Crippen LogP contribution in [0, 0.1) is 0 Å². The van der Waals surface area contributed by atoms with Crippen molar-refractivity contribution in [2.45, 2.75) is 24.5 Å². The predicted octanol–water partition coefficient (Wildman–Crippen LogP) is 5.50. The van der Waals surface area contributed by atoms with E-state index in [1.54, 1.807) is 22.8 Å². The first-order chi connectivity index (χ1) is 17.0. The van der Waals surface area contributed by atoms with Gasteiger partial charge in [0.2, 0.25) is 10.0 Å². The van der Waals surface area contributed by atoms with E-state index in [0.717, 1.165) is 33.5 Å². The maximum absolute atomic E-state index is 13.8. The molecule has 1 heterocycles. The van der Waals surface area contributed by atoms with E-state index in [1.807, 2.05) is 91.0 Å². The molecule has 5 aromatic rings. The largest absolute Gasteiger partial charge is 0.308 e. The average Bonchev–Trinajstić information content (AvgIpc) is 3.19. The van der Waals surface area contributed by atoms with Crippen LogP contribution in [-0.4, -0.2) is 17.3 Å². The molecule has 0 aliphatic rings. The molecule has 0 amide bonds. The number of thiazole rings is 1. The molecule has 5 rings (SSSR count). The van der Waals surface area contributed by atoms with Crippen molar-refractivity contribution in [3.8, 4) is 0 Å². The summed E-state index contributed by atoms with van der Waals surface area (Å²) in [4.78, 5) is 12.8. The van der Waals surface area contributed by atoms with Gasteiger partial charge in [0.05, 0.1) is 21.7 Å². The highest BCUT2D eigenvalue weighted by Crippen LogP contribution is 2.26. The molecule has 7 heteroatoms. The highest BCUT2D eigenvalue weighted by molar-refractivity contribution is 7.89. The Hall–Kier alpha value is -3.52. The fourth-order valence-electron chi connectivity index (χ4n) is 4.07. The van der Waals surface area contributed by atoms with Crippen LogP contribution < -0.4 is 4.87 Å². The van der Waals surface area contributed by atoms with Crippen molar-refractivity contribution in [1.82, 2.24) is 8.87 Å². The zero-order chi connectivity index (χ0) is 24.3. The van der Waals surface area contributed by atoms with Crippen molar-refractivity contribution in [3.63, 3.8) is 0 Å². The smallest absolute Gasteiger partial charge is 0.294 e. The van der Waals surface area contributed by atoms with Gasteiger partial charge in [-0.1, -0.05) is 102 Å². The van der Waals surface area contributed by atoms with Crippen molar-refractivity contribution in [1.29, 1.82) is 0 Å². The molecular weight excluding hydrogens is 476 g/mol. The Balaban J connectivity index is 1.51. The summed E-state index contributed by atoms with van der Waals surface area (Å²) >= 11 is 1.07. The fourth-order valence-corrected chi connectivity index (χ4v) is 6.52. The molecule has 176 valence electrons. The molecular formula is C28H24N2O3S2. The first-order valence-corrected chi connectivity index (χ1v) is 13.5. The lowest BCUT2D eigenvalue weighted by atomic mass is 10.2. The van der Waals surface area contributed by atoms with Gasteiger partial charge in [-0.15, -0.1) is 0 Å². The number of hydrogen-bond donors (Lipinski definition) is 0. The van der Waals surface area contributed by atoms with Gasteiger partial charge in [0.1, 0.15) is 0 Å². The number of sulfonamides is 1. The summed E-state index contributed by atoms with van der Waals surface area (Å²) in [5, 5.41) is 0. The molecule has 0 aliphatic heterocycles. The van der Waals surface area contributed by atoms with Gasteiger partial charge in [-0.05, 0) is 34.9 Å². The van der Waals surface area contributed by atoms with Crippen LogP contribution in [0.1, 0.15) is 16.7 Å². The predicted molar refractivity (Wildman–Crippen MR) is 141 cm³/mol. The van der Waals surface area contributed by atoms with Crippen molar-refractivity contribution in [3.05, 3.63) is 136 Å². The van der Waals surface area contributed by atoms with Crippen molar-refractivity contribution >= 4 is 31.6 Å². The Morgan fingerprint density at radius 1 is 0.686 bits per heavy atom. The molecule has 1 aromatic heterocycles. The highest BCUT2D eigenvalue weighted by atomic mass is 32.2. The summed E-state index contributed by atoms with van der Waals surface area (Å²) in [7, 11) is -3.82. The van der Waals surface area contributed by atoms with Crippen LogP contribution in [-0.2, 0) is 29.7 Å². The third-order valence-corrected chi connectivity index (χ3v) is 8.59. The highest BCUT2D eigenvalue weighted by Gasteiger charge is 2.26. The minimum absolute atomic E-state index is 0.108. The van der Waals surface area contributed by atoms with Crippen LogP contribution in [0.3, 0.4) is 0 Å². The number of rotatable bonds is 8. The van der Waals surface area contributed by atoms with Gasteiger partial charge < -0.3 is 0 Å². The summed E-state index contributed by atoms with van der Waals surface area (Å²) < 4.78 is 31.5. The lowest BCUT2D eigenvalue weighted by Gasteiger charge is -2.23. The summed E-state index contributed by atoms with van der Waals surface area (Å²) in [6, 6.07) is 33.9. The SMILES string of the molecule is O=c1sc2cc(S(=O)(=O)N(Cc3ccccc3)Cc3ccccc3)ccc2n1Cc1ccccc1. The number of nitrogens with zero attached hydrogens (tertiary/aromatic N) is 2. The molecule has 4 aromatic carbocycles. The maximum Gasteiger partial charge on any atom is 0.308 e. The average molecular weight is 501 g/mol. The molecule has 0 N–H and O–H groups in total. The molecule has 5 nitrogen and oxygen atoms in total. The second-order valence-corrected chi connectivity index (χ2v) is 11.2. The van der Waals surface area contributed by atoms with E-state index in [4.69, 9.17) is 0 Å². The molecule has 0 radical (unpaired) electrons. The normalized spacial score (nSPS) is 11.8. The van der Waals surface area contributed by atoms with Gasteiger partial charge >= 0.3 is 4.87 Å². The molecule has 0 aliphatic carbocycles. The lowest BCUT2D eigenvalue weighted by molar-refractivity contribution is 0.401. The van der Waals surface area contributed by atoms with E-state index in [2.05, 4.69) is 0 Å². The van der Waals surface area contributed by atoms with E-state index in [0.29, 0.717) is 11.2 Å². The van der Waals surface area contributed by atoms with Crippen LogP contribution in [0.2, 0.25) is 0 Å². The van der Waals surface area contributed by atoms with E-state index < -0.39 is 10.0 Å². The molecule has 35 heavy (non-hydrogen) atoms. The van der Waals surface area contributed by atoms with Gasteiger partial charge in [0.15, 0.2) is 0 Å². The quantitative estimate of drug-likeness (QED) is 0.283. The van der Waals surface area contributed by atoms with E-state index in [-0.39, 0.29) is 22.9 Å². The maximum atomic E-state index is 13.8. The molecule has 0 fully saturated rings. The molecule has 0 saturated heterocycles. The third-order valence-electron chi connectivity index (χ3n) is 5.86. The van der Waals surface area contributed by atoms with Gasteiger partial charge in [-0.3, -0.25) is 9.36 Å². The van der Waals surface area contributed by atoms with Crippen LogP contribution in [0.15, 0.2) is 119 Å². The van der Waals surface area contributed by atoms with Gasteiger partial charge in [-0.25, -0.2) is 8.42 Å². The second kappa shape index (κ2) is 10.00. The van der Waals surface area contributed by atoms with Crippen LogP contribution in [0.25, 0.3) is 10.2 Å². The lowest BCUT2D eigenvalue weighted by Crippen LogP contribution is -2.30. The Morgan fingerprint density at radius 2 is 1.20 bits per heavy atom. The molecule has 0 saturated carbocycles.